The summed E-state index contributed by atoms with van der Waals surface area (Å²) in [5.41, 5.74) is 11.7. The molecule has 0 saturated heterocycles. The van der Waals surface area contributed by atoms with Crippen LogP contribution in [0, 0.1) is 13.8 Å². The first-order valence-electron chi connectivity index (χ1n) is 6.90. The van der Waals surface area contributed by atoms with Crippen molar-refractivity contribution in [3.63, 3.8) is 0 Å². The first-order valence-corrected chi connectivity index (χ1v) is 6.90. The molecule has 0 radical (unpaired) electrons. The second kappa shape index (κ2) is 5.57. The molecule has 102 valence electrons. The summed E-state index contributed by atoms with van der Waals surface area (Å²) in [6.07, 6.45) is 0.831. The van der Waals surface area contributed by atoms with E-state index in [1.807, 2.05) is 0 Å². The zero-order valence-electron chi connectivity index (χ0n) is 12.3. The molecule has 3 heteroatoms. The smallest absolute Gasteiger partial charge is 0.0707 e. The lowest BCUT2D eigenvalue weighted by molar-refractivity contribution is 0.720. The fraction of sp³-hybridized carbons (Fsp3) is 0.438. The van der Waals surface area contributed by atoms with Crippen molar-refractivity contribution in [3.8, 4) is 5.69 Å². The molecule has 1 aromatic heterocycles. The van der Waals surface area contributed by atoms with Crippen molar-refractivity contribution in [1.29, 1.82) is 0 Å². The SMILES string of the molecule is Cc1cccc(C)c1-n1nc(CCN)cc1C(C)C. The summed E-state index contributed by atoms with van der Waals surface area (Å²) in [4.78, 5) is 0. The van der Waals surface area contributed by atoms with Gasteiger partial charge in [0, 0.05) is 12.1 Å². The van der Waals surface area contributed by atoms with Gasteiger partial charge in [0.2, 0.25) is 0 Å². The van der Waals surface area contributed by atoms with Gasteiger partial charge in [0.05, 0.1) is 11.4 Å². The molecule has 3 nitrogen and oxygen atoms in total. The molecule has 2 aromatic rings. The quantitative estimate of drug-likeness (QED) is 0.914. The molecule has 2 N–H and O–H groups in total. The zero-order valence-corrected chi connectivity index (χ0v) is 12.3. The monoisotopic (exact) mass is 257 g/mol. The molecule has 0 aliphatic rings. The Kier molecular flexibility index (Phi) is 4.05. The van der Waals surface area contributed by atoms with E-state index in [-0.39, 0.29) is 0 Å². The fourth-order valence-corrected chi connectivity index (χ4v) is 2.45. The zero-order chi connectivity index (χ0) is 14.0. The predicted molar refractivity (Wildman–Crippen MR) is 79.9 cm³/mol. The van der Waals surface area contributed by atoms with Crippen LogP contribution in [0.15, 0.2) is 24.3 Å². The maximum atomic E-state index is 5.65. The number of rotatable bonds is 4. The maximum absolute atomic E-state index is 5.65. The van der Waals surface area contributed by atoms with E-state index < -0.39 is 0 Å². The highest BCUT2D eigenvalue weighted by Crippen LogP contribution is 2.25. The van der Waals surface area contributed by atoms with Gasteiger partial charge in [-0.05, 0) is 43.5 Å². The molecule has 0 bridgehead atoms. The Morgan fingerprint density at radius 2 is 1.84 bits per heavy atom. The number of hydrogen-bond donors (Lipinski definition) is 1. The van der Waals surface area contributed by atoms with Gasteiger partial charge in [0.25, 0.3) is 0 Å². The van der Waals surface area contributed by atoms with Gasteiger partial charge in [-0.15, -0.1) is 0 Å². The summed E-state index contributed by atoms with van der Waals surface area (Å²) in [6, 6.07) is 8.55. The summed E-state index contributed by atoms with van der Waals surface area (Å²) in [7, 11) is 0. The third-order valence-electron chi connectivity index (χ3n) is 3.43. The van der Waals surface area contributed by atoms with Crippen LogP contribution in [-0.2, 0) is 6.42 Å². The number of aromatic nitrogens is 2. The minimum atomic E-state index is 0.443. The fourth-order valence-electron chi connectivity index (χ4n) is 2.45. The maximum Gasteiger partial charge on any atom is 0.0707 e. The Labute approximate surface area is 115 Å². The number of nitrogens with two attached hydrogens (primary N) is 1. The molecule has 0 amide bonds. The normalized spacial score (nSPS) is 11.3. The van der Waals surface area contributed by atoms with E-state index in [1.165, 1.54) is 22.5 Å². The second-order valence-electron chi connectivity index (χ2n) is 5.41. The second-order valence-corrected chi connectivity index (χ2v) is 5.41. The largest absolute Gasteiger partial charge is 0.330 e. The van der Waals surface area contributed by atoms with Crippen molar-refractivity contribution in [1.82, 2.24) is 9.78 Å². The lowest BCUT2D eigenvalue weighted by Crippen LogP contribution is -2.08. The van der Waals surface area contributed by atoms with Crippen LogP contribution in [0.2, 0.25) is 0 Å². The molecular weight excluding hydrogens is 234 g/mol. The minimum absolute atomic E-state index is 0.443. The van der Waals surface area contributed by atoms with Crippen LogP contribution in [0.25, 0.3) is 5.69 Å². The van der Waals surface area contributed by atoms with E-state index in [0.717, 1.165) is 12.1 Å². The third-order valence-corrected chi connectivity index (χ3v) is 3.43. The molecule has 0 fully saturated rings. The molecule has 19 heavy (non-hydrogen) atoms. The molecular formula is C16H23N3. The van der Waals surface area contributed by atoms with Gasteiger partial charge >= 0.3 is 0 Å². The van der Waals surface area contributed by atoms with E-state index in [1.54, 1.807) is 0 Å². The predicted octanol–water partition coefficient (Wildman–Crippen LogP) is 3.11. The van der Waals surface area contributed by atoms with Gasteiger partial charge in [-0.3, -0.25) is 0 Å². The highest BCUT2D eigenvalue weighted by Gasteiger charge is 2.15. The molecule has 1 heterocycles. The van der Waals surface area contributed by atoms with Gasteiger partial charge in [0.15, 0.2) is 0 Å². The van der Waals surface area contributed by atoms with Crippen LogP contribution in [0.1, 0.15) is 42.3 Å². The molecule has 0 atom stereocenters. The van der Waals surface area contributed by atoms with Gasteiger partial charge in [0.1, 0.15) is 0 Å². The number of benzene rings is 1. The number of hydrogen-bond acceptors (Lipinski definition) is 2. The number of para-hydroxylation sites is 1. The molecule has 2 rings (SSSR count). The lowest BCUT2D eigenvalue weighted by Gasteiger charge is -2.14. The Balaban J connectivity index is 2.60. The highest BCUT2D eigenvalue weighted by atomic mass is 15.3. The summed E-state index contributed by atoms with van der Waals surface area (Å²) in [5, 5.41) is 4.75. The molecule has 0 aliphatic carbocycles. The van der Waals surface area contributed by atoms with Crippen molar-refractivity contribution < 1.29 is 0 Å². The summed E-state index contributed by atoms with van der Waals surface area (Å²) < 4.78 is 2.10. The molecule has 0 spiro atoms. The van der Waals surface area contributed by atoms with E-state index in [9.17, 15) is 0 Å². The Morgan fingerprint density at radius 3 is 2.37 bits per heavy atom. The van der Waals surface area contributed by atoms with Gasteiger partial charge in [-0.2, -0.15) is 5.10 Å². The van der Waals surface area contributed by atoms with Crippen molar-refractivity contribution in [2.75, 3.05) is 6.54 Å². The number of nitrogens with zero attached hydrogens (tertiary/aromatic N) is 2. The van der Waals surface area contributed by atoms with Gasteiger partial charge in [-0.25, -0.2) is 4.68 Å². The van der Waals surface area contributed by atoms with Crippen molar-refractivity contribution in [2.45, 2.75) is 40.0 Å². The molecule has 0 unspecified atom stereocenters. The van der Waals surface area contributed by atoms with E-state index in [2.05, 4.69) is 56.6 Å². The summed E-state index contributed by atoms with van der Waals surface area (Å²) in [5.74, 6) is 0.443. The molecule has 1 aromatic carbocycles. The van der Waals surface area contributed by atoms with Crippen LogP contribution in [0.5, 0.6) is 0 Å². The van der Waals surface area contributed by atoms with Crippen LogP contribution >= 0.6 is 0 Å². The van der Waals surface area contributed by atoms with Crippen molar-refractivity contribution >= 4 is 0 Å². The van der Waals surface area contributed by atoms with Crippen molar-refractivity contribution in [3.05, 3.63) is 46.8 Å². The lowest BCUT2D eigenvalue weighted by atomic mass is 10.1. The Bertz CT molecular complexity index is 547. The van der Waals surface area contributed by atoms with Crippen molar-refractivity contribution in [2.24, 2.45) is 5.73 Å². The molecule has 0 saturated carbocycles. The van der Waals surface area contributed by atoms with Gasteiger partial charge in [-0.1, -0.05) is 32.0 Å². The average Bonchev–Trinajstić information content (AvgIpc) is 2.73. The van der Waals surface area contributed by atoms with E-state index in [0.29, 0.717) is 12.5 Å². The van der Waals surface area contributed by atoms with E-state index >= 15 is 0 Å². The average molecular weight is 257 g/mol. The number of aryl methyl sites for hydroxylation is 2. The summed E-state index contributed by atoms with van der Waals surface area (Å²) >= 11 is 0. The topological polar surface area (TPSA) is 43.8 Å². The van der Waals surface area contributed by atoms with Crippen LogP contribution in [0.4, 0.5) is 0 Å². The standard InChI is InChI=1S/C16H23N3/c1-11(2)15-10-14(8-9-17)18-19(15)16-12(3)6-5-7-13(16)4/h5-7,10-11H,8-9,17H2,1-4H3. The van der Waals surface area contributed by atoms with Crippen LogP contribution < -0.4 is 5.73 Å². The highest BCUT2D eigenvalue weighted by molar-refractivity contribution is 5.48. The Hall–Kier alpha value is -1.61. The van der Waals surface area contributed by atoms with Crippen LogP contribution in [0.3, 0.4) is 0 Å². The Morgan fingerprint density at radius 1 is 1.21 bits per heavy atom. The summed E-state index contributed by atoms with van der Waals surface area (Å²) in [6.45, 7) is 9.31. The minimum Gasteiger partial charge on any atom is -0.330 e. The van der Waals surface area contributed by atoms with Crippen LogP contribution in [-0.4, -0.2) is 16.3 Å². The first kappa shape index (κ1) is 13.8. The van der Waals surface area contributed by atoms with E-state index in [4.69, 9.17) is 10.8 Å². The molecule has 0 aliphatic heterocycles. The third kappa shape index (κ3) is 2.71. The first-order chi connectivity index (χ1) is 9.04. The van der Waals surface area contributed by atoms with Gasteiger partial charge < -0.3 is 5.73 Å².